The Bertz CT molecular complexity index is 427. The zero-order valence-electron chi connectivity index (χ0n) is 12.1. The molecule has 104 valence electrons. The Hall–Kier alpha value is -1.07. The van der Waals surface area contributed by atoms with Crippen LogP contribution < -0.4 is 0 Å². The lowest BCUT2D eigenvalue weighted by Gasteiger charge is -2.34. The minimum absolute atomic E-state index is 0.0772. The van der Waals surface area contributed by atoms with Gasteiger partial charge in [-0.15, -0.1) is 0 Å². The predicted molar refractivity (Wildman–Crippen MR) is 73.5 cm³/mol. The number of ether oxygens (including phenoxy) is 1. The van der Waals surface area contributed by atoms with Gasteiger partial charge in [0.25, 0.3) is 0 Å². The Morgan fingerprint density at radius 1 is 1.32 bits per heavy atom. The van der Waals surface area contributed by atoms with Gasteiger partial charge < -0.3 is 14.0 Å². The second-order valence-corrected chi connectivity index (χ2v) is 5.99. The van der Waals surface area contributed by atoms with Gasteiger partial charge in [0, 0.05) is 24.2 Å². The summed E-state index contributed by atoms with van der Waals surface area (Å²) >= 11 is 0. The fraction of sp³-hybridized carbons (Fsp3) is 0.643. The molecule has 0 aromatic rings. The Labute approximate surface area is 114 Å². The van der Waals surface area contributed by atoms with Crippen molar-refractivity contribution >= 4 is 13.1 Å². The SMILES string of the molecule is COC(=O)C1=C(C)C=C(B2OCC(C)(C)CO2)CC1. The molecule has 0 bridgehead atoms. The summed E-state index contributed by atoms with van der Waals surface area (Å²) in [5.41, 5.74) is 2.89. The smallest absolute Gasteiger partial charge is 0.466 e. The molecule has 4 nitrogen and oxygen atoms in total. The highest BCUT2D eigenvalue weighted by Crippen LogP contribution is 2.30. The van der Waals surface area contributed by atoms with Gasteiger partial charge in [-0.3, -0.25) is 0 Å². The summed E-state index contributed by atoms with van der Waals surface area (Å²) in [4.78, 5) is 11.6. The molecular weight excluding hydrogens is 243 g/mol. The topological polar surface area (TPSA) is 44.8 Å². The monoisotopic (exact) mass is 264 g/mol. The highest BCUT2D eigenvalue weighted by atomic mass is 16.6. The molecule has 0 atom stereocenters. The van der Waals surface area contributed by atoms with Gasteiger partial charge >= 0.3 is 13.1 Å². The van der Waals surface area contributed by atoms with Gasteiger partial charge in [-0.25, -0.2) is 4.79 Å². The zero-order chi connectivity index (χ0) is 14.0. The lowest BCUT2D eigenvalue weighted by atomic mass is 9.70. The van der Waals surface area contributed by atoms with Crippen molar-refractivity contribution in [3.63, 3.8) is 0 Å². The van der Waals surface area contributed by atoms with E-state index in [2.05, 4.69) is 13.8 Å². The van der Waals surface area contributed by atoms with E-state index >= 15 is 0 Å². The second kappa shape index (κ2) is 5.51. The maximum absolute atomic E-state index is 11.6. The van der Waals surface area contributed by atoms with Gasteiger partial charge in [0.05, 0.1) is 7.11 Å². The maximum Gasteiger partial charge on any atom is 0.489 e. The van der Waals surface area contributed by atoms with Crippen molar-refractivity contribution in [2.45, 2.75) is 33.6 Å². The first-order valence-corrected chi connectivity index (χ1v) is 6.65. The third-order valence-corrected chi connectivity index (χ3v) is 3.53. The normalized spacial score (nSPS) is 23.2. The number of rotatable bonds is 2. The summed E-state index contributed by atoms with van der Waals surface area (Å²) in [6.45, 7) is 7.57. The summed E-state index contributed by atoms with van der Waals surface area (Å²) in [6, 6.07) is 0. The number of hydrogen-bond acceptors (Lipinski definition) is 4. The molecule has 2 aliphatic rings. The van der Waals surface area contributed by atoms with Crippen molar-refractivity contribution in [1.29, 1.82) is 0 Å². The van der Waals surface area contributed by atoms with Crippen LogP contribution in [-0.4, -0.2) is 33.4 Å². The van der Waals surface area contributed by atoms with Crippen LogP contribution >= 0.6 is 0 Å². The molecule has 1 fully saturated rings. The van der Waals surface area contributed by atoms with Crippen LogP contribution in [0.25, 0.3) is 0 Å². The molecule has 0 aromatic heterocycles. The third-order valence-electron chi connectivity index (χ3n) is 3.53. The van der Waals surface area contributed by atoms with Crippen LogP contribution in [-0.2, 0) is 18.8 Å². The molecule has 0 radical (unpaired) electrons. The van der Waals surface area contributed by atoms with Crippen LogP contribution in [0.1, 0.15) is 33.6 Å². The Morgan fingerprint density at radius 3 is 2.47 bits per heavy atom. The molecule has 0 unspecified atom stereocenters. The first-order valence-electron chi connectivity index (χ1n) is 6.65. The fourth-order valence-electron chi connectivity index (χ4n) is 2.38. The minimum atomic E-state index is -0.262. The average molecular weight is 264 g/mol. The van der Waals surface area contributed by atoms with Crippen molar-refractivity contribution in [2.24, 2.45) is 5.41 Å². The summed E-state index contributed by atoms with van der Waals surface area (Å²) in [5.74, 6) is -0.237. The Morgan fingerprint density at radius 2 is 1.95 bits per heavy atom. The van der Waals surface area contributed by atoms with E-state index < -0.39 is 0 Å². The van der Waals surface area contributed by atoms with Gasteiger partial charge in [-0.2, -0.15) is 0 Å². The van der Waals surface area contributed by atoms with E-state index in [4.69, 9.17) is 14.0 Å². The van der Waals surface area contributed by atoms with Gasteiger partial charge in [0.15, 0.2) is 0 Å². The molecule has 2 rings (SSSR count). The van der Waals surface area contributed by atoms with Gasteiger partial charge in [0.1, 0.15) is 0 Å². The highest BCUT2D eigenvalue weighted by Gasteiger charge is 2.35. The molecule has 0 N–H and O–H groups in total. The molecule has 0 saturated carbocycles. The largest absolute Gasteiger partial charge is 0.489 e. The Balaban J connectivity index is 2.08. The number of esters is 1. The van der Waals surface area contributed by atoms with E-state index in [9.17, 15) is 4.79 Å². The van der Waals surface area contributed by atoms with Gasteiger partial charge in [-0.05, 0) is 30.8 Å². The zero-order valence-corrected chi connectivity index (χ0v) is 12.1. The standard InChI is InChI=1S/C14H21BO4/c1-10-7-11(5-6-12(10)13(16)17-4)15-18-8-14(2,3)9-19-15/h7H,5-6,8-9H2,1-4H3. The summed E-state index contributed by atoms with van der Waals surface area (Å²) in [7, 11) is 1.15. The minimum Gasteiger partial charge on any atom is -0.466 e. The second-order valence-electron chi connectivity index (χ2n) is 5.99. The van der Waals surface area contributed by atoms with Crippen LogP contribution in [0.4, 0.5) is 0 Å². The van der Waals surface area contributed by atoms with Gasteiger partial charge in [0.2, 0.25) is 0 Å². The predicted octanol–water partition coefficient (Wildman–Crippen LogP) is 2.30. The van der Waals surface area contributed by atoms with E-state index in [-0.39, 0.29) is 18.5 Å². The molecule has 1 aliphatic carbocycles. The molecule has 5 heteroatoms. The van der Waals surface area contributed by atoms with E-state index in [0.29, 0.717) is 19.6 Å². The fourth-order valence-corrected chi connectivity index (χ4v) is 2.38. The lowest BCUT2D eigenvalue weighted by molar-refractivity contribution is -0.136. The number of carbonyl (C=O) groups is 1. The maximum atomic E-state index is 11.6. The number of allylic oxidation sites excluding steroid dienone is 3. The number of hydrogen-bond donors (Lipinski definition) is 0. The molecule has 1 aliphatic heterocycles. The van der Waals surface area contributed by atoms with E-state index in [1.54, 1.807) is 0 Å². The third kappa shape index (κ3) is 3.28. The van der Waals surface area contributed by atoms with E-state index in [1.807, 2.05) is 13.0 Å². The van der Waals surface area contributed by atoms with Crippen LogP contribution in [0.15, 0.2) is 22.7 Å². The van der Waals surface area contributed by atoms with Crippen molar-refractivity contribution in [2.75, 3.05) is 20.3 Å². The van der Waals surface area contributed by atoms with Crippen LogP contribution in [0, 0.1) is 5.41 Å². The average Bonchev–Trinajstić information content (AvgIpc) is 2.37. The van der Waals surface area contributed by atoms with Crippen LogP contribution in [0.5, 0.6) is 0 Å². The molecule has 1 saturated heterocycles. The first-order chi connectivity index (χ1) is 8.93. The molecule has 0 spiro atoms. The quantitative estimate of drug-likeness (QED) is 0.567. The molecule has 0 amide bonds. The lowest BCUT2D eigenvalue weighted by Crippen LogP contribution is -2.42. The molecule has 19 heavy (non-hydrogen) atoms. The first kappa shape index (κ1) is 14.3. The Kier molecular flexibility index (Phi) is 4.16. The van der Waals surface area contributed by atoms with Crippen LogP contribution in [0.2, 0.25) is 0 Å². The van der Waals surface area contributed by atoms with Crippen molar-refractivity contribution in [1.82, 2.24) is 0 Å². The van der Waals surface area contributed by atoms with Gasteiger partial charge in [-0.1, -0.05) is 19.9 Å². The summed E-state index contributed by atoms with van der Waals surface area (Å²) in [6.07, 6.45) is 3.47. The molecule has 1 heterocycles. The summed E-state index contributed by atoms with van der Waals surface area (Å²) in [5, 5.41) is 0. The van der Waals surface area contributed by atoms with Crippen molar-refractivity contribution in [3.05, 3.63) is 22.7 Å². The van der Waals surface area contributed by atoms with E-state index in [0.717, 1.165) is 23.0 Å². The number of methoxy groups -OCH3 is 1. The van der Waals surface area contributed by atoms with Crippen LogP contribution in [0.3, 0.4) is 0 Å². The summed E-state index contributed by atoms with van der Waals surface area (Å²) < 4.78 is 16.3. The molecular formula is C14H21BO4. The molecule has 0 aromatic carbocycles. The van der Waals surface area contributed by atoms with Crippen molar-refractivity contribution in [3.8, 4) is 0 Å². The number of carbonyl (C=O) groups excluding carboxylic acids is 1. The van der Waals surface area contributed by atoms with E-state index in [1.165, 1.54) is 7.11 Å². The van der Waals surface area contributed by atoms with Crippen molar-refractivity contribution < 1.29 is 18.8 Å². The highest BCUT2D eigenvalue weighted by molar-refractivity contribution is 6.54.